The highest BCUT2D eigenvalue weighted by Crippen LogP contribution is 1.99. The first kappa shape index (κ1) is 16.3. The van der Waals surface area contributed by atoms with Crippen LogP contribution in [0.4, 0.5) is 0 Å². The molecule has 102 valence electrons. The van der Waals surface area contributed by atoms with E-state index in [-0.39, 0.29) is 0 Å². The molecular weight excluding hydrogens is 228 g/mol. The molecule has 0 fully saturated rings. The van der Waals surface area contributed by atoms with E-state index in [0.29, 0.717) is 46.1 Å². The number of methoxy groups -OCH3 is 1. The van der Waals surface area contributed by atoms with Crippen LogP contribution in [0.2, 0.25) is 0 Å². The van der Waals surface area contributed by atoms with Crippen molar-refractivity contribution in [2.45, 2.75) is 19.4 Å². The van der Waals surface area contributed by atoms with E-state index in [9.17, 15) is 4.79 Å². The summed E-state index contributed by atoms with van der Waals surface area (Å²) in [6.07, 6.45) is -0.434. The van der Waals surface area contributed by atoms with Gasteiger partial charge in [-0.3, -0.25) is 0 Å². The molecule has 6 heteroatoms. The zero-order chi connectivity index (χ0) is 12.9. The van der Waals surface area contributed by atoms with Gasteiger partial charge in [0.15, 0.2) is 6.10 Å². The van der Waals surface area contributed by atoms with E-state index < -0.39 is 12.1 Å². The summed E-state index contributed by atoms with van der Waals surface area (Å²) < 4.78 is 20.3. The largest absolute Gasteiger partial charge is 0.479 e. The fourth-order valence-electron chi connectivity index (χ4n) is 1.13. The first-order chi connectivity index (χ1) is 8.22. The Morgan fingerprint density at radius 3 is 2.24 bits per heavy atom. The van der Waals surface area contributed by atoms with Crippen LogP contribution in [0, 0.1) is 0 Å². The highest BCUT2D eigenvalue weighted by Gasteiger charge is 2.16. The molecule has 17 heavy (non-hydrogen) atoms. The highest BCUT2D eigenvalue weighted by molar-refractivity contribution is 5.72. The van der Waals surface area contributed by atoms with Crippen molar-refractivity contribution in [3.63, 3.8) is 0 Å². The summed E-state index contributed by atoms with van der Waals surface area (Å²) >= 11 is 0. The lowest BCUT2D eigenvalue weighted by atomic mass is 10.2. The van der Waals surface area contributed by atoms with Gasteiger partial charge in [-0.05, 0) is 6.92 Å². The SMILES string of the molecule is CCOC(CCOCCOCCOC)C(=O)O. The van der Waals surface area contributed by atoms with E-state index in [0.717, 1.165) is 0 Å². The molecule has 0 saturated carbocycles. The lowest BCUT2D eigenvalue weighted by molar-refractivity contribution is -0.151. The van der Waals surface area contributed by atoms with Crippen molar-refractivity contribution in [3.8, 4) is 0 Å². The van der Waals surface area contributed by atoms with E-state index in [4.69, 9.17) is 24.1 Å². The molecule has 1 atom stereocenters. The number of carboxylic acid groups (broad SMARTS) is 1. The summed E-state index contributed by atoms with van der Waals surface area (Å²) in [5, 5.41) is 8.79. The average Bonchev–Trinajstić information content (AvgIpc) is 2.31. The molecule has 1 N–H and O–H groups in total. The molecule has 0 aromatic heterocycles. The van der Waals surface area contributed by atoms with Gasteiger partial charge in [-0.2, -0.15) is 0 Å². The standard InChI is InChI=1S/C11H22O6/c1-3-17-10(11(12)13)4-5-15-8-9-16-7-6-14-2/h10H,3-9H2,1-2H3,(H,12,13). The summed E-state index contributed by atoms with van der Waals surface area (Å²) in [6.45, 7) is 4.53. The average molecular weight is 250 g/mol. The van der Waals surface area contributed by atoms with Gasteiger partial charge in [0.1, 0.15) is 0 Å². The van der Waals surface area contributed by atoms with Crippen LogP contribution >= 0.6 is 0 Å². The molecule has 0 rings (SSSR count). The molecule has 0 aromatic rings. The van der Waals surface area contributed by atoms with Crippen LogP contribution in [-0.4, -0.2) is 63.9 Å². The molecule has 0 aliphatic heterocycles. The number of carboxylic acids is 1. The van der Waals surface area contributed by atoms with E-state index >= 15 is 0 Å². The van der Waals surface area contributed by atoms with Crippen LogP contribution in [0.25, 0.3) is 0 Å². The molecule has 0 heterocycles. The summed E-state index contributed by atoms with van der Waals surface area (Å²) in [7, 11) is 1.61. The van der Waals surface area contributed by atoms with Crippen LogP contribution in [0.15, 0.2) is 0 Å². The third-order valence-electron chi connectivity index (χ3n) is 1.97. The fourth-order valence-corrected chi connectivity index (χ4v) is 1.13. The molecule has 0 aromatic carbocycles. The molecule has 0 aliphatic carbocycles. The smallest absolute Gasteiger partial charge is 0.332 e. The quantitative estimate of drug-likeness (QED) is 0.510. The Hall–Kier alpha value is -0.690. The Morgan fingerprint density at radius 1 is 1.12 bits per heavy atom. The van der Waals surface area contributed by atoms with Gasteiger partial charge in [0.05, 0.1) is 26.4 Å². The second-order valence-corrected chi connectivity index (χ2v) is 3.29. The second kappa shape index (κ2) is 11.8. The minimum atomic E-state index is -0.952. The number of hydrogen-bond acceptors (Lipinski definition) is 5. The Balaban J connectivity index is 3.33. The molecule has 0 amide bonds. The first-order valence-corrected chi connectivity index (χ1v) is 5.71. The van der Waals surface area contributed by atoms with Crippen molar-refractivity contribution in [2.75, 3.05) is 46.8 Å². The fraction of sp³-hybridized carbons (Fsp3) is 0.909. The lowest BCUT2D eigenvalue weighted by Crippen LogP contribution is -2.25. The van der Waals surface area contributed by atoms with E-state index in [2.05, 4.69) is 0 Å². The van der Waals surface area contributed by atoms with Gasteiger partial charge in [-0.15, -0.1) is 0 Å². The number of carbonyl (C=O) groups is 1. The molecule has 0 bridgehead atoms. The Kier molecular flexibility index (Phi) is 11.3. The Labute approximate surface area is 102 Å². The number of rotatable bonds is 12. The zero-order valence-electron chi connectivity index (χ0n) is 10.5. The van der Waals surface area contributed by atoms with Crippen LogP contribution in [0.5, 0.6) is 0 Å². The third-order valence-corrected chi connectivity index (χ3v) is 1.97. The molecule has 0 saturated heterocycles. The lowest BCUT2D eigenvalue weighted by Gasteiger charge is -2.12. The molecule has 0 radical (unpaired) electrons. The Bertz CT molecular complexity index is 185. The predicted octanol–water partition coefficient (Wildman–Crippen LogP) is 0.546. The van der Waals surface area contributed by atoms with Crippen LogP contribution in [0.1, 0.15) is 13.3 Å². The van der Waals surface area contributed by atoms with Gasteiger partial charge >= 0.3 is 5.97 Å². The Morgan fingerprint density at radius 2 is 1.71 bits per heavy atom. The van der Waals surface area contributed by atoms with Crippen molar-refractivity contribution in [3.05, 3.63) is 0 Å². The monoisotopic (exact) mass is 250 g/mol. The normalized spacial score (nSPS) is 12.6. The highest BCUT2D eigenvalue weighted by atomic mass is 16.5. The minimum absolute atomic E-state index is 0.348. The van der Waals surface area contributed by atoms with Gasteiger partial charge in [-0.1, -0.05) is 0 Å². The van der Waals surface area contributed by atoms with Gasteiger partial charge in [0.2, 0.25) is 0 Å². The van der Waals surface area contributed by atoms with E-state index in [1.807, 2.05) is 0 Å². The number of ether oxygens (including phenoxy) is 4. The van der Waals surface area contributed by atoms with Crippen molar-refractivity contribution < 1.29 is 28.8 Å². The van der Waals surface area contributed by atoms with Crippen molar-refractivity contribution >= 4 is 5.97 Å². The molecule has 1 unspecified atom stereocenters. The summed E-state index contributed by atoms with van der Waals surface area (Å²) in [4.78, 5) is 10.7. The van der Waals surface area contributed by atoms with Gasteiger partial charge < -0.3 is 24.1 Å². The number of aliphatic carboxylic acids is 1. The van der Waals surface area contributed by atoms with Crippen molar-refractivity contribution in [2.24, 2.45) is 0 Å². The van der Waals surface area contributed by atoms with E-state index in [1.54, 1.807) is 14.0 Å². The van der Waals surface area contributed by atoms with Crippen LogP contribution < -0.4 is 0 Å². The maximum Gasteiger partial charge on any atom is 0.332 e. The van der Waals surface area contributed by atoms with Crippen molar-refractivity contribution in [1.29, 1.82) is 0 Å². The molecule has 0 aliphatic rings. The van der Waals surface area contributed by atoms with Gasteiger partial charge in [0.25, 0.3) is 0 Å². The summed E-state index contributed by atoms with van der Waals surface area (Å²) in [5.41, 5.74) is 0. The molecule has 6 nitrogen and oxygen atoms in total. The van der Waals surface area contributed by atoms with Gasteiger partial charge in [-0.25, -0.2) is 4.79 Å². The predicted molar refractivity (Wildman–Crippen MR) is 61.2 cm³/mol. The molecule has 0 spiro atoms. The third kappa shape index (κ3) is 10.2. The summed E-state index contributed by atoms with van der Waals surface area (Å²) in [5.74, 6) is -0.952. The maximum absolute atomic E-state index is 10.7. The number of hydrogen-bond donors (Lipinski definition) is 1. The van der Waals surface area contributed by atoms with Gasteiger partial charge in [0, 0.05) is 26.7 Å². The maximum atomic E-state index is 10.7. The second-order valence-electron chi connectivity index (χ2n) is 3.29. The summed E-state index contributed by atoms with van der Waals surface area (Å²) in [6, 6.07) is 0. The topological polar surface area (TPSA) is 74.2 Å². The minimum Gasteiger partial charge on any atom is -0.479 e. The first-order valence-electron chi connectivity index (χ1n) is 5.71. The molecular formula is C11H22O6. The van der Waals surface area contributed by atoms with Crippen molar-refractivity contribution in [1.82, 2.24) is 0 Å². The van der Waals surface area contributed by atoms with Crippen LogP contribution in [0.3, 0.4) is 0 Å². The zero-order valence-corrected chi connectivity index (χ0v) is 10.5. The van der Waals surface area contributed by atoms with Crippen LogP contribution in [-0.2, 0) is 23.7 Å². The van der Waals surface area contributed by atoms with E-state index in [1.165, 1.54) is 0 Å².